The van der Waals surface area contributed by atoms with Crippen LogP contribution in [0, 0.1) is 5.92 Å². The highest BCUT2D eigenvalue weighted by molar-refractivity contribution is 5.95. The Kier molecular flexibility index (Phi) is 6.65. The van der Waals surface area contributed by atoms with Gasteiger partial charge in [0.2, 0.25) is 0 Å². The first-order valence-corrected chi connectivity index (χ1v) is 11.9. The molecule has 2 atom stereocenters. The van der Waals surface area contributed by atoms with E-state index in [0.29, 0.717) is 43.0 Å². The molecule has 186 valence electrons. The summed E-state index contributed by atoms with van der Waals surface area (Å²) in [7, 11) is 0. The molecule has 4 rings (SSSR count). The van der Waals surface area contributed by atoms with Crippen LogP contribution < -0.4 is 10.1 Å². The fourth-order valence-electron chi connectivity index (χ4n) is 4.45. The number of para-hydroxylation sites is 1. The Labute approximate surface area is 205 Å². The molecule has 1 saturated heterocycles. The summed E-state index contributed by atoms with van der Waals surface area (Å²) < 4.78 is 17.8. The number of carboxylic acids is 1. The minimum atomic E-state index is -1.10. The number of amides is 1. The number of ether oxygens (including phenoxy) is 3. The zero-order chi connectivity index (χ0) is 25.2. The lowest BCUT2D eigenvalue weighted by atomic mass is 9.92. The van der Waals surface area contributed by atoms with E-state index in [1.807, 2.05) is 58.0 Å². The zero-order valence-corrected chi connectivity index (χ0v) is 20.5. The molecule has 8 heteroatoms. The first kappa shape index (κ1) is 24.4. The van der Waals surface area contributed by atoms with E-state index in [1.54, 1.807) is 29.2 Å². The summed E-state index contributed by atoms with van der Waals surface area (Å²) in [6.07, 6.45) is 0.823. The summed E-state index contributed by atoms with van der Waals surface area (Å²) in [5.74, 6) is 0.426. The predicted octanol–water partition coefficient (Wildman–Crippen LogP) is 5.22. The summed E-state index contributed by atoms with van der Waals surface area (Å²) in [6.45, 7) is 8.38. The molecular formula is C27H32N2O6. The molecule has 2 aliphatic rings. The van der Waals surface area contributed by atoms with Crippen molar-refractivity contribution in [2.45, 2.75) is 51.9 Å². The third-order valence-corrected chi connectivity index (χ3v) is 6.18. The summed E-state index contributed by atoms with van der Waals surface area (Å²) >= 11 is 0. The minimum absolute atomic E-state index is 0.0132. The smallest absolute Gasteiger partial charge is 0.410 e. The van der Waals surface area contributed by atoms with Crippen molar-refractivity contribution in [1.29, 1.82) is 0 Å². The van der Waals surface area contributed by atoms with Gasteiger partial charge in [-0.2, -0.15) is 0 Å². The number of benzene rings is 2. The lowest BCUT2D eigenvalue weighted by Gasteiger charge is -2.35. The molecule has 0 saturated carbocycles. The van der Waals surface area contributed by atoms with E-state index in [-0.39, 0.29) is 23.5 Å². The van der Waals surface area contributed by atoms with E-state index in [0.717, 1.165) is 0 Å². The van der Waals surface area contributed by atoms with E-state index in [2.05, 4.69) is 5.32 Å². The lowest BCUT2D eigenvalue weighted by molar-refractivity contribution is -0.133. The lowest BCUT2D eigenvalue weighted by Crippen LogP contribution is -2.50. The predicted molar refractivity (Wildman–Crippen MR) is 131 cm³/mol. The van der Waals surface area contributed by atoms with Crippen LogP contribution in [-0.4, -0.2) is 46.5 Å². The van der Waals surface area contributed by atoms with Gasteiger partial charge in [0.1, 0.15) is 17.1 Å². The van der Waals surface area contributed by atoms with Crippen molar-refractivity contribution in [2.75, 3.05) is 13.1 Å². The quantitative estimate of drug-likeness (QED) is 0.585. The number of nitrogens with zero attached hydrogens (tertiary/aromatic N) is 1. The van der Waals surface area contributed by atoms with Crippen LogP contribution in [0.2, 0.25) is 0 Å². The van der Waals surface area contributed by atoms with Gasteiger partial charge in [-0.1, -0.05) is 25.1 Å². The molecule has 2 aromatic rings. The van der Waals surface area contributed by atoms with Gasteiger partial charge in [-0.3, -0.25) is 0 Å². The first-order chi connectivity index (χ1) is 16.6. The highest BCUT2D eigenvalue weighted by Crippen LogP contribution is 2.42. The monoisotopic (exact) mass is 480 g/mol. The first-order valence-electron chi connectivity index (χ1n) is 11.9. The maximum Gasteiger partial charge on any atom is 0.410 e. The van der Waals surface area contributed by atoms with Crippen molar-refractivity contribution in [3.63, 3.8) is 0 Å². The van der Waals surface area contributed by atoms with Crippen molar-refractivity contribution in [3.8, 4) is 11.5 Å². The largest absolute Gasteiger partial charge is 0.476 e. The van der Waals surface area contributed by atoms with Crippen molar-refractivity contribution >= 4 is 17.8 Å². The normalized spacial score (nSPS) is 21.9. The highest BCUT2D eigenvalue weighted by Gasteiger charge is 2.50. The summed E-state index contributed by atoms with van der Waals surface area (Å²) in [6, 6.07) is 16.6. The van der Waals surface area contributed by atoms with E-state index >= 15 is 0 Å². The zero-order valence-electron chi connectivity index (χ0n) is 20.5. The van der Waals surface area contributed by atoms with E-state index in [4.69, 9.17) is 14.2 Å². The van der Waals surface area contributed by atoms with Crippen LogP contribution >= 0.6 is 0 Å². The Hall–Kier alpha value is -3.68. The number of hydrogen-bond donors (Lipinski definition) is 2. The number of likely N-dealkylation sites (tertiary alicyclic amines) is 1. The summed E-state index contributed by atoms with van der Waals surface area (Å²) in [5.41, 5.74) is -0.868. The molecule has 0 aromatic heterocycles. The minimum Gasteiger partial charge on any atom is -0.476 e. The standard InChI is InChI=1S/C27H32N2O6/c1-5-27(19-15-16-29(17-19)25(32)35-26(2,3)4)28-22(24(30)31)23(34-27)18-11-13-21(14-12-18)33-20-9-7-6-8-10-20/h6-14,19,28H,5,15-17H2,1-4H3,(H,30,31). The van der Waals surface area contributed by atoms with E-state index in [1.165, 1.54) is 0 Å². The fourth-order valence-corrected chi connectivity index (χ4v) is 4.45. The van der Waals surface area contributed by atoms with Gasteiger partial charge in [-0.05, 0) is 63.6 Å². The van der Waals surface area contributed by atoms with Gasteiger partial charge in [-0.25, -0.2) is 9.59 Å². The van der Waals surface area contributed by atoms with Crippen LogP contribution in [0.25, 0.3) is 5.76 Å². The Bertz CT molecular complexity index is 1110. The Morgan fingerprint density at radius 1 is 1.11 bits per heavy atom. The summed E-state index contributed by atoms with van der Waals surface area (Å²) in [4.78, 5) is 26.4. The second-order valence-electron chi connectivity index (χ2n) is 9.83. The number of hydrogen-bond acceptors (Lipinski definition) is 6. The van der Waals surface area contributed by atoms with Gasteiger partial charge in [0.15, 0.2) is 17.2 Å². The number of aliphatic carboxylic acids is 1. The molecule has 8 nitrogen and oxygen atoms in total. The van der Waals surface area contributed by atoms with Crippen LogP contribution in [0.15, 0.2) is 60.3 Å². The highest BCUT2D eigenvalue weighted by atomic mass is 16.6. The van der Waals surface area contributed by atoms with E-state index < -0.39 is 17.3 Å². The molecule has 1 amide bonds. The van der Waals surface area contributed by atoms with Crippen LogP contribution in [0.4, 0.5) is 4.79 Å². The third-order valence-electron chi connectivity index (χ3n) is 6.18. The van der Waals surface area contributed by atoms with Crippen LogP contribution in [0.5, 0.6) is 11.5 Å². The molecule has 2 aromatic carbocycles. The Balaban J connectivity index is 1.51. The van der Waals surface area contributed by atoms with Crippen LogP contribution in [0.1, 0.15) is 46.1 Å². The van der Waals surface area contributed by atoms with Crippen molar-refractivity contribution in [2.24, 2.45) is 5.92 Å². The molecule has 2 N–H and O–H groups in total. The number of rotatable bonds is 6. The van der Waals surface area contributed by atoms with Gasteiger partial charge < -0.3 is 29.5 Å². The maximum atomic E-state index is 12.6. The molecule has 2 heterocycles. The maximum absolute atomic E-state index is 12.6. The van der Waals surface area contributed by atoms with Crippen molar-refractivity contribution in [3.05, 3.63) is 65.9 Å². The second kappa shape index (κ2) is 9.52. The fraction of sp³-hybridized carbons (Fsp3) is 0.407. The Morgan fingerprint density at radius 2 is 1.77 bits per heavy atom. The SMILES string of the molecule is CCC1(C2CCN(C(=O)OC(C)(C)C)C2)NC(C(=O)O)=C(c2ccc(Oc3ccccc3)cc2)O1. The average molecular weight is 481 g/mol. The molecule has 1 fully saturated rings. The van der Waals surface area contributed by atoms with Gasteiger partial charge >= 0.3 is 12.1 Å². The molecule has 2 unspecified atom stereocenters. The molecular weight excluding hydrogens is 448 g/mol. The summed E-state index contributed by atoms with van der Waals surface area (Å²) in [5, 5.41) is 13.1. The molecule has 0 spiro atoms. The molecule has 0 radical (unpaired) electrons. The number of carbonyl (C=O) groups is 2. The van der Waals surface area contributed by atoms with Gasteiger partial charge in [0.25, 0.3) is 0 Å². The van der Waals surface area contributed by atoms with Gasteiger partial charge in [0, 0.05) is 31.0 Å². The van der Waals surface area contributed by atoms with Crippen molar-refractivity contribution < 1.29 is 28.9 Å². The second-order valence-corrected chi connectivity index (χ2v) is 9.83. The van der Waals surface area contributed by atoms with Gasteiger partial charge in [-0.15, -0.1) is 0 Å². The Morgan fingerprint density at radius 3 is 2.37 bits per heavy atom. The molecule has 0 bridgehead atoms. The van der Waals surface area contributed by atoms with Crippen molar-refractivity contribution in [1.82, 2.24) is 10.2 Å². The van der Waals surface area contributed by atoms with Gasteiger partial charge in [0.05, 0.1) is 0 Å². The molecule has 35 heavy (non-hydrogen) atoms. The number of nitrogens with one attached hydrogen (secondary N) is 1. The number of carbonyl (C=O) groups excluding carboxylic acids is 1. The third kappa shape index (κ3) is 5.37. The topological polar surface area (TPSA) is 97.3 Å². The van der Waals surface area contributed by atoms with Crippen LogP contribution in [-0.2, 0) is 14.3 Å². The van der Waals surface area contributed by atoms with E-state index in [9.17, 15) is 14.7 Å². The number of carboxylic acid groups (broad SMARTS) is 1. The van der Waals surface area contributed by atoms with Crippen LogP contribution in [0.3, 0.4) is 0 Å². The molecule has 2 aliphatic heterocycles. The molecule has 0 aliphatic carbocycles. The average Bonchev–Trinajstić information content (AvgIpc) is 3.46.